The summed E-state index contributed by atoms with van der Waals surface area (Å²) in [6.45, 7) is 3.79. The minimum absolute atomic E-state index is 0.0359. The number of rotatable bonds is 6. The lowest BCUT2D eigenvalue weighted by Crippen LogP contribution is -2.40. The van der Waals surface area contributed by atoms with Crippen molar-refractivity contribution < 1.29 is 9.90 Å². The number of amides is 1. The van der Waals surface area contributed by atoms with Crippen LogP contribution >= 0.6 is 0 Å². The van der Waals surface area contributed by atoms with Crippen molar-refractivity contribution in [1.29, 1.82) is 0 Å². The Hall–Kier alpha value is -3.07. The van der Waals surface area contributed by atoms with E-state index in [0.717, 1.165) is 48.9 Å². The minimum atomic E-state index is -0.0359. The molecule has 0 unspecified atom stereocenters. The van der Waals surface area contributed by atoms with E-state index in [4.69, 9.17) is 5.11 Å². The van der Waals surface area contributed by atoms with E-state index in [1.54, 1.807) is 0 Å². The number of nitrogens with zero attached hydrogens (tertiary/aromatic N) is 1. The van der Waals surface area contributed by atoms with Crippen molar-refractivity contribution in [2.45, 2.75) is 25.8 Å². The summed E-state index contributed by atoms with van der Waals surface area (Å²) in [4.78, 5) is 18.2. The largest absolute Gasteiger partial charge is 0.395 e. The maximum atomic E-state index is 12.6. The van der Waals surface area contributed by atoms with E-state index < -0.39 is 0 Å². The Morgan fingerprint density at radius 1 is 1.19 bits per heavy atom. The second-order valence-electron chi connectivity index (χ2n) is 8.20. The Kier molecular flexibility index (Phi) is 7.03. The number of carbonyl (C=O) groups is 1. The van der Waals surface area contributed by atoms with E-state index in [2.05, 4.69) is 39.2 Å². The zero-order chi connectivity index (χ0) is 21.5. The van der Waals surface area contributed by atoms with Crippen molar-refractivity contribution in [3.63, 3.8) is 0 Å². The Balaban J connectivity index is 1.27. The van der Waals surface area contributed by atoms with Crippen LogP contribution in [0.4, 0.5) is 0 Å². The molecule has 160 valence electrons. The molecule has 1 amide bonds. The Bertz CT molecular complexity index is 1040. The maximum absolute atomic E-state index is 12.6. The number of fused-ring (bicyclic) bond motifs is 1. The van der Waals surface area contributed by atoms with E-state index in [1.165, 1.54) is 5.56 Å². The number of H-pyrrole nitrogens is 1. The summed E-state index contributed by atoms with van der Waals surface area (Å²) in [5.41, 5.74) is 3.86. The van der Waals surface area contributed by atoms with Gasteiger partial charge in [0.1, 0.15) is 5.69 Å². The number of benzene rings is 2. The molecule has 4 rings (SSSR count). The minimum Gasteiger partial charge on any atom is -0.395 e. The first-order valence-electron chi connectivity index (χ1n) is 11.0. The normalized spacial score (nSPS) is 16.6. The number of hydrogen-bond acceptors (Lipinski definition) is 3. The van der Waals surface area contributed by atoms with Gasteiger partial charge >= 0.3 is 0 Å². The van der Waals surface area contributed by atoms with Gasteiger partial charge in [0.15, 0.2) is 0 Å². The number of aliphatic hydroxyl groups excluding tert-OH is 1. The molecule has 1 fully saturated rings. The van der Waals surface area contributed by atoms with E-state index >= 15 is 0 Å². The van der Waals surface area contributed by atoms with E-state index in [-0.39, 0.29) is 12.5 Å². The molecule has 2 aromatic carbocycles. The highest BCUT2D eigenvalue weighted by molar-refractivity contribution is 5.97. The smallest absolute Gasteiger partial charge is 0.267 e. The summed E-state index contributed by atoms with van der Waals surface area (Å²) >= 11 is 0. The molecule has 0 spiro atoms. The van der Waals surface area contributed by atoms with Crippen molar-refractivity contribution >= 4 is 16.8 Å². The fourth-order valence-electron chi connectivity index (χ4n) is 4.16. The summed E-state index contributed by atoms with van der Waals surface area (Å²) in [7, 11) is 0. The molecular formula is C26H29N3O2. The van der Waals surface area contributed by atoms with Gasteiger partial charge in [0, 0.05) is 42.5 Å². The Morgan fingerprint density at radius 2 is 2.03 bits per heavy atom. The molecule has 1 saturated heterocycles. The van der Waals surface area contributed by atoms with Gasteiger partial charge in [0.25, 0.3) is 5.91 Å². The van der Waals surface area contributed by atoms with Crippen LogP contribution in [0.15, 0.2) is 54.6 Å². The van der Waals surface area contributed by atoms with Gasteiger partial charge in [-0.1, -0.05) is 42.2 Å². The molecule has 0 aliphatic carbocycles. The quantitative estimate of drug-likeness (QED) is 0.540. The van der Waals surface area contributed by atoms with Gasteiger partial charge in [0.2, 0.25) is 0 Å². The van der Waals surface area contributed by atoms with Crippen LogP contribution in [-0.4, -0.2) is 47.1 Å². The average molecular weight is 416 g/mol. The lowest BCUT2D eigenvalue weighted by molar-refractivity contribution is 0.0926. The van der Waals surface area contributed by atoms with Crippen LogP contribution in [0.5, 0.6) is 0 Å². The van der Waals surface area contributed by atoms with Gasteiger partial charge in [-0.2, -0.15) is 0 Å². The molecule has 1 aromatic heterocycles. The first-order valence-corrected chi connectivity index (χ1v) is 11.0. The van der Waals surface area contributed by atoms with E-state index in [1.807, 2.05) is 42.5 Å². The molecule has 5 heteroatoms. The average Bonchev–Trinajstić information content (AvgIpc) is 3.24. The number of piperidine rings is 1. The third-order valence-corrected chi connectivity index (χ3v) is 5.76. The third-order valence-electron chi connectivity index (χ3n) is 5.76. The Labute approximate surface area is 183 Å². The molecule has 31 heavy (non-hydrogen) atoms. The topological polar surface area (TPSA) is 68.4 Å². The number of aromatic amines is 1. The van der Waals surface area contributed by atoms with Crippen LogP contribution in [0.1, 0.15) is 40.9 Å². The lowest BCUT2D eigenvalue weighted by atomic mass is 9.97. The number of aliphatic hydroxyl groups is 1. The molecule has 1 aliphatic rings. The van der Waals surface area contributed by atoms with Crippen LogP contribution in [0, 0.1) is 17.8 Å². The summed E-state index contributed by atoms with van der Waals surface area (Å²) in [5.74, 6) is 6.45. The van der Waals surface area contributed by atoms with Crippen molar-refractivity contribution in [3.8, 4) is 11.8 Å². The molecule has 3 N–H and O–H groups in total. The summed E-state index contributed by atoms with van der Waals surface area (Å²) < 4.78 is 0. The predicted octanol–water partition coefficient (Wildman–Crippen LogP) is 3.54. The van der Waals surface area contributed by atoms with Gasteiger partial charge in [-0.15, -0.1) is 0 Å². The van der Waals surface area contributed by atoms with E-state index in [0.29, 0.717) is 24.6 Å². The summed E-state index contributed by atoms with van der Waals surface area (Å²) in [5, 5.41) is 13.0. The maximum Gasteiger partial charge on any atom is 0.267 e. The zero-order valence-corrected chi connectivity index (χ0v) is 17.7. The highest BCUT2D eigenvalue weighted by atomic mass is 16.2. The third kappa shape index (κ3) is 5.75. The monoisotopic (exact) mass is 415 g/mol. The molecule has 0 saturated carbocycles. The fraction of sp³-hybridized carbons (Fsp3) is 0.346. The van der Waals surface area contributed by atoms with Crippen molar-refractivity contribution in [3.05, 3.63) is 71.4 Å². The van der Waals surface area contributed by atoms with Crippen LogP contribution in [0.3, 0.4) is 0 Å². The lowest BCUT2D eigenvalue weighted by Gasteiger charge is -2.32. The highest BCUT2D eigenvalue weighted by Gasteiger charge is 2.21. The molecule has 1 aliphatic heterocycles. The number of likely N-dealkylation sites (tertiary alicyclic amines) is 1. The number of hydrogen-bond donors (Lipinski definition) is 3. The second-order valence-corrected chi connectivity index (χ2v) is 8.20. The van der Waals surface area contributed by atoms with Crippen molar-refractivity contribution in [2.75, 3.05) is 26.2 Å². The van der Waals surface area contributed by atoms with Crippen molar-refractivity contribution in [2.24, 2.45) is 5.92 Å². The highest BCUT2D eigenvalue weighted by Crippen LogP contribution is 2.19. The van der Waals surface area contributed by atoms with Crippen LogP contribution in [-0.2, 0) is 6.54 Å². The van der Waals surface area contributed by atoms with Crippen LogP contribution < -0.4 is 5.32 Å². The Morgan fingerprint density at radius 3 is 2.84 bits per heavy atom. The zero-order valence-electron chi connectivity index (χ0n) is 17.7. The summed E-state index contributed by atoms with van der Waals surface area (Å²) in [6.07, 6.45) is 2.80. The van der Waals surface area contributed by atoms with Gasteiger partial charge in [-0.05, 0) is 55.1 Å². The molecule has 0 radical (unpaired) electrons. The molecule has 2 heterocycles. The molecule has 3 aromatic rings. The van der Waals surface area contributed by atoms with Gasteiger partial charge in [-0.25, -0.2) is 0 Å². The number of para-hydroxylation sites is 1. The van der Waals surface area contributed by atoms with Crippen LogP contribution in [0.25, 0.3) is 10.9 Å². The molecule has 5 nitrogen and oxygen atoms in total. The fourth-order valence-corrected chi connectivity index (χ4v) is 4.16. The second kappa shape index (κ2) is 10.3. The number of nitrogens with one attached hydrogen (secondary N) is 2. The first-order chi connectivity index (χ1) is 15.2. The van der Waals surface area contributed by atoms with Gasteiger partial charge in [-0.3, -0.25) is 9.69 Å². The van der Waals surface area contributed by atoms with Gasteiger partial charge < -0.3 is 15.4 Å². The van der Waals surface area contributed by atoms with Crippen molar-refractivity contribution in [1.82, 2.24) is 15.2 Å². The molecule has 1 atom stereocenters. The molecule has 0 bridgehead atoms. The number of carbonyl (C=O) groups excluding carboxylic acids is 1. The van der Waals surface area contributed by atoms with E-state index in [9.17, 15) is 4.79 Å². The predicted molar refractivity (Wildman–Crippen MR) is 124 cm³/mol. The standard InChI is InChI=1S/C26H29N3O2/c30-15-4-3-6-20-10-12-21(13-11-20)18-29-14-5-7-22(19-29)17-27-26(31)25-16-23-8-1-2-9-24(23)28-25/h1-2,8-13,16,22,28,30H,4-5,7,14-15,17-19H2,(H,27,31)/t22-/m1/s1. The SMILES string of the molecule is O=C(NC[C@H]1CCCN(Cc2ccc(C#CCCO)cc2)C1)c1cc2ccccc2[nH]1. The van der Waals surface area contributed by atoms with Crippen LogP contribution in [0.2, 0.25) is 0 Å². The van der Waals surface area contributed by atoms with Gasteiger partial charge in [0.05, 0.1) is 6.61 Å². The molecular weight excluding hydrogens is 386 g/mol. The first kappa shape index (κ1) is 21.2. The number of aromatic nitrogens is 1. The summed E-state index contributed by atoms with van der Waals surface area (Å²) in [6, 6.07) is 18.2.